The van der Waals surface area contributed by atoms with Gasteiger partial charge in [0.1, 0.15) is 11.5 Å². The third-order valence-corrected chi connectivity index (χ3v) is 2.83. The van der Waals surface area contributed by atoms with Gasteiger partial charge in [-0.15, -0.1) is 0 Å². The number of hydrogen-bond donors (Lipinski definition) is 1. The van der Waals surface area contributed by atoms with Crippen LogP contribution in [0.25, 0.3) is 11.5 Å². The zero-order chi connectivity index (χ0) is 12.4. The second-order valence-electron chi connectivity index (χ2n) is 4.45. The van der Waals surface area contributed by atoms with E-state index in [9.17, 15) is 4.39 Å². The second-order valence-corrected chi connectivity index (χ2v) is 4.45. The topological polar surface area (TPSA) is 63.8 Å². The maximum atomic E-state index is 12.7. The Bertz CT molecular complexity index is 521. The molecule has 1 aliphatic rings. The van der Waals surface area contributed by atoms with Crippen LogP contribution in [-0.2, 0) is 6.54 Å². The van der Waals surface area contributed by atoms with Crippen molar-refractivity contribution in [2.45, 2.75) is 19.4 Å². The molecule has 0 spiro atoms. The van der Waals surface area contributed by atoms with Crippen molar-refractivity contribution in [1.82, 2.24) is 20.4 Å². The monoisotopic (exact) mass is 248 g/mol. The van der Waals surface area contributed by atoms with Gasteiger partial charge in [0.2, 0.25) is 11.7 Å². The van der Waals surface area contributed by atoms with Crippen molar-refractivity contribution >= 4 is 0 Å². The highest BCUT2D eigenvalue weighted by Crippen LogP contribution is 2.27. The molecule has 2 aromatic heterocycles. The first-order valence-electron chi connectivity index (χ1n) is 5.96. The lowest BCUT2D eigenvalue weighted by Crippen LogP contribution is -2.16. The first kappa shape index (κ1) is 11.3. The first-order chi connectivity index (χ1) is 8.81. The molecule has 5 nitrogen and oxygen atoms in total. The van der Waals surface area contributed by atoms with Crippen molar-refractivity contribution in [3.63, 3.8) is 0 Å². The van der Waals surface area contributed by atoms with Crippen LogP contribution in [0.5, 0.6) is 0 Å². The van der Waals surface area contributed by atoms with Crippen LogP contribution >= 0.6 is 0 Å². The van der Waals surface area contributed by atoms with E-state index in [4.69, 9.17) is 4.52 Å². The summed E-state index contributed by atoms with van der Waals surface area (Å²) in [6, 6.07) is 2.85. The van der Waals surface area contributed by atoms with Crippen molar-refractivity contribution in [1.29, 1.82) is 0 Å². The molecular formula is C12H13FN4O. The van der Waals surface area contributed by atoms with Crippen LogP contribution < -0.4 is 5.32 Å². The van der Waals surface area contributed by atoms with Crippen LogP contribution in [0.1, 0.15) is 18.7 Å². The molecule has 1 saturated carbocycles. The smallest absolute Gasteiger partial charge is 0.240 e. The standard InChI is InChI=1S/C12H13FN4O/c13-9-3-4-10(15-6-9)12-16-11(18-17-12)7-14-5-8-1-2-8/h3-4,6,8,14H,1-2,5,7H2. The highest BCUT2D eigenvalue weighted by atomic mass is 19.1. The summed E-state index contributed by atoms with van der Waals surface area (Å²) in [6.45, 7) is 1.55. The number of pyridine rings is 1. The van der Waals surface area contributed by atoms with Crippen LogP contribution in [0, 0.1) is 11.7 Å². The third kappa shape index (κ3) is 2.70. The van der Waals surface area contributed by atoms with Crippen LogP contribution in [0.4, 0.5) is 4.39 Å². The maximum absolute atomic E-state index is 12.7. The zero-order valence-electron chi connectivity index (χ0n) is 9.77. The van der Waals surface area contributed by atoms with Crippen molar-refractivity contribution in [3.8, 4) is 11.5 Å². The lowest BCUT2D eigenvalue weighted by Gasteiger charge is -1.97. The minimum atomic E-state index is -0.381. The first-order valence-corrected chi connectivity index (χ1v) is 5.96. The Morgan fingerprint density at radius 3 is 3.00 bits per heavy atom. The molecule has 1 N–H and O–H groups in total. The molecule has 1 fully saturated rings. The molecule has 2 heterocycles. The van der Waals surface area contributed by atoms with Gasteiger partial charge >= 0.3 is 0 Å². The minimum Gasteiger partial charge on any atom is -0.337 e. The summed E-state index contributed by atoms with van der Waals surface area (Å²) in [4.78, 5) is 8.10. The zero-order valence-corrected chi connectivity index (χ0v) is 9.77. The summed E-state index contributed by atoms with van der Waals surface area (Å²) >= 11 is 0. The summed E-state index contributed by atoms with van der Waals surface area (Å²) in [5.41, 5.74) is 0.508. The van der Waals surface area contributed by atoms with Gasteiger partial charge in [-0.1, -0.05) is 5.16 Å². The van der Waals surface area contributed by atoms with Gasteiger partial charge in [-0.3, -0.25) is 0 Å². The molecule has 6 heteroatoms. The molecular weight excluding hydrogens is 235 g/mol. The summed E-state index contributed by atoms with van der Waals surface area (Å²) < 4.78 is 17.8. The molecule has 0 amide bonds. The van der Waals surface area contributed by atoms with Gasteiger partial charge in [0, 0.05) is 0 Å². The second kappa shape index (κ2) is 4.81. The van der Waals surface area contributed by atoms with E-state index < -0.39 is 0 Å². The number of nitrogens with one attached hydrogen (secondary N) is 1. The van der Waals surface area contributed by atoms with E-state index in [2.05, 4.69) is 20.4 Å². The van der Waals surface area contributed by atoms with Gasteiger partial charge < -0.3 is 9.84 Å². The van der Waals surface area contributed by atoms with Crippen molar-refractivity contribution in [2.75, 3.05) is 6.54 Å². The Kier molecular flexibility index (Phi) is 3.02. The fourth-order valence-electron chi connectivity index (χ4n) is 1.64. The number of hydrogen-bond acceptors (Lipinski definition) is 5. The quantitative estimate of drug-likeness (QED) is 0.873. The van der Waals surface area contributed by atoms with Crippen LogP contribution in [0.15, 0.2) is 22.9 Å². The average Bonchev–Trinajstić information content (AvgIpc) is 3.08. The number of rotatable bonds is 5. The molecule has 0 atom stereocenters. The van der Waals surface area contributed by atoms with E-state index in [1.807, 2.05) is 0 Å². The lowest BCUT2D eigenvalue weighted by molar-refractivity contribution is 0.367. The van der Waals surface area contributed by atoms with Crippen molar-refractivity contribution < 1.29 is 8.91 Å². The molecule has 18 heavy (non-hydrogen) atoms. The van der Waals surface area contributed by atoms with E-state index in [-0.39, 0.29) is 5.82 Å². The molecule has 0 bridgehead atoms. The normalized spacial score (nSPS) is 14.9. The number of aromatic nitrogens is 3. The molecule has 2 aromatic rings. The Morgan fingerprint density at radius 1 is 1.39 bits per heavy atom. The molecule has 94 valence electrons. The fourth-order valence-corrected chi connectivity index (χ4v) is 1.64. The molecule has 1 aliphatic carbocycles. The molecule has 0 saturated heterocycles. The molecule has 3 rings (SSSR count). The number of nitrogens with zero attached hydrogens (tertiary/aromatic N) is 3. The predicted molar refractivity (Wildman–Crippen MR) is 61.9 cm³/mol. The Morgan fingerprint density at radius 2 is 2.28 bits per heavy atom. The van der Waals surface area contributed by atoms with Gasteiger partial charge in [0.25, 0.3) is 0 Å². The molecule has 0 radical (unpaired) electrons. The van der Waals surface area contributed by atoms with E-state index in [1.165, 1.54) is 25.0 Å². The van der Waals surface area contributed by atoms with Gasteiger partial charge in [-0.2, -0.15) is 4.98 Å². The van der Waals surface area contributed by atoms with E-state index in [1.54, 1.807) is 0 Å². The maximum Gasteiger partial charge on any atom is 0.240 e. The summed E-state index contributed by atoms with van der Waals surface area (Å²) in [7, 11) is 0. The Hall–Kier alpha value is -1.82. The number of halogens is 1. The summed E-state index contributed by atoms with van der Waals surface area (Å²) in [6.07, 6.45) is 3.75. The SMILES string of the molecule is Fc1ccc(-c2noc(CNCC3CC3)n2)nc1. The predicted octanol–water partition coefficient (Wildman–Crippen LogP) is 1.77. The third-order valence-electron chi connectivity index (χ3n) is 2.83. The average molecular weight is 248 g/mol. The van der Waals surface area contributed by atoms with Crippen molar-refractivity contribution in [3.05, 3.63) is 30.0 Å². The highest BCUT2D eigenvalue weighted by Gasteiger charge is 2.20. The van der Waals surface area contributed by atoms with Crippen molar-refractivity contribution in [2.24, 2.45) is 5.92 Å². The Balaban J connectivity index is 1.62. The van der Waals surface area contributed by atoms with Gasteiger partial charge in [0.05, 0.1) is 12.7 Å². The van der Waals surface area contributed by atoms with Crippen LogP contribution in [-0.4, -0.2) is 21.7 Å². The Labute approximate surface area is 103 Å². The fraction of sp³-hybridized carbons (Fsp3) is 0.417. The van der Waals surface area contributed by atoms with Crippen LogP contribution in [0.2, 0.25) is 0 Å². The molecule has 0 aliphatic heterocycles. The highest BCUT2D eigenvalue weighted by molar-refractivity contribution is 5.47. The summed E-state index contributed by atoms with van der Waals surface area (Å²) in [5, 5.41) is 7.08. The van der Waals surface area contributed by atoms with E-state index >= 15 is 0 Å². The van der Waals surface area contributed by atoms with Gasteiger partial charge in [0.15, 0.2) is 0 Å². The minimum absolute atomic E-state index is 0.381. The molecule has 0 unspecified atom stereocenters. The van der Waals surface area contributed by atoms with Crippen LogP contribution in [0.3, 0.4) is 0 Å². The van der Waals surface area contributed by atoms with Gasteiger partial charge in [-0.25, -0.2) is 9.37 Å². The largest absolute Gasteiger partial charge is 0.337 e. The van der Waals surface area contributed by atoms with E-state index in [0.717, 1.165) is 18.7 Å². The van der Waals surface area contributed by atoms with E-state index in [0.29, 0.717) is 24.0 Å². The van der Waals surface area contributed by atoms with Gasteiger partial charge in [-0.05, 0) is 37.4 Å². The summed E-state index contributed by atoms with van der Waals surface area (Å²) in [5.74, 6) is 1.34. The molecule has 0 aromatic carbocycles. The lowest BCUT2D eigenvalue weighted by atomic mass is 10.3.